The van der Waals surface area contributed by atoms with Crippen molar-refractivity contribution in [3.8, 4) is 0 Å². The fourth-order valence-electron chi connectivity index (χ4n) is 5.46. The van der Waals surface area contributed by atoms with Crippen molar-refractivity contribution < 1.29 is 9.53 Å². The summed E-state index contributed by atoms with van der Waals surface area (Å²) in [5, 5.41) is 0. The first-order valence-electron chi connectivity index (χ1n) is 10.0. The highest BCUT2D eigenvalue weighted by atomic mass is 16.5. The van der Waals surface area contributed by atoms with Crippen molar-refractivity contribution in [2.45, 2.75) is 91.1 Å². The number of hydrogen-bond acceptors (Lipinski definition) is 2. The van der Waals surface area contributed by atoms with Crippen molar-refractivity contribution in [1.82, 2.24) is 0 Å². The molecule has 0 amide bonds. The molecule has 2 heteroatoms. The summed E-state index contributed by atoms with van der Waals surface area (Å²) in [5.41, 5.74) is 4.15. The van der Waals surface area contributed by atoms with Crippen molar-refractivity contribution in [2.75, 3.05) is 0 Å². The van der Waals surface area contributed by atoms with Gasteiger partial charge < -0.3 is 4.74 Å². The van der Waals surface area contributed by atoms with Crippen LogP contribution in [0.4, 0.5) is 0 Å². The van der Waals surface area contributed by atoms with E-state index in [0.29, 0.717) is 11.8 Å². The van der Waals surface area contributed by atoms with Crippen molar-refractivity contribution in [3.05, 3.63) is 34.9 Å². The lowest BCUT2D eigenvalue weighted by Gasteiger charge is -2.54. The summed E-state index contributed by atoms with van der Waals surface area (Å²) in [4.78, 5) is 13.0. The van der Waals surface area contributed by atoms with E-state index in [2.05, 4.69) is 45.9 Å². The molecular formula is C23H34O2. The van der Waals surface area contributed by atoms with Gasteiger partial charge in [-0.15, -0.1) is 0 Å². The highest BCUT2D eigenvalue weighted by Crippen LogP contribution is 2.57. The number of aryl methyl sites for hydroxylation is 1. The van der Waals surface area contributed by atoms with Gasteiger partial charge in [-0.05, 0) is 80.4 Å². The Balaban J connectivity index is 2.00. The van der Waals surface area contributed by atoms with E-state index in [4.69, 9.17) is 4.74 Å². The van der Waals surface area contributed by atoms with E-state index >= 15 is 0 Å². The lowest BCUT2D eigenvalue weighted by Crippen LogP contribution is -2.53. The molecule has 2 nitrogen and oxygen atoms in total. The molecule has 3 atom stereocenters. The lowest BCUT2D eigenvalue weighted by atomic mass is 9.49. The minimum absolute atomic E-state index is 0.0145. The highest BCUT2D eigenvalue weighted by Gasteiger charge is 2.55. The molecule has 0 N–H and O–H groups in total. The van der Waals surface area contributed by atoms with Gasteiger partial charge in [-0.2, -0.15) is 0 Å². The smallest absolute Gasteiger partial charge is 0.312 e. The molecule has 1 saturated carbocycles. The van der Waals surface area contributed by atoms with E-state index in [-0.39, 0.29) is 22.9 Å². The average Bonchev–Trinajstić information content (AvgIpc) is 2.53. The fraction of sp³-hybridized carbons (Fsp3) is 0.696. The second kappa shape index (κ2) is 6.45. The minimum atomic E-state index is -0.355. The van der Waals surface area contributed by atoms with Gasteiger partial charge in [0.1, 0.15) is 0 Å². The number of benzene rings is 1. The van der Waals surface area contributed by atoms with Gasteiger partial charge >= 0.3 is 5.97 Å². The van der Waals surface area contributed by atoms with Gasteiger partial charge in [0.25, 0.3) is 0 Å². The Morgan fingerprint density at radius 3 is 2.52 bits per heavy atom. The molecule has 0 radical (unpaired) electrons. The second-order valence-corrected chi connectivity index (χ2v) is 9.31. The summed E-state index contributed by atoms with van der Waals surface area (Å²) < 4.78 is 5.69. The van der Waals surface area contributed by atoms with Gasteiger partial charge in [-0.1, -0.05) is 45.4 Å². The zero-order valence-electron chi connectivity index (χ0n) is 16.8. The number of carbonyl (C=O) groups excluding carboxylic acids is 1. The summed E-state index contributed by atoms with van der Waals surface area (Å²) in [6, 6.07) is 7.08. The maximum Gasteiger partial charge on any atom is 0.312 e. The number of hydrogen-bond donors (Lipinski definition) is 0. The van der Waals surface area contributed by atoms with Crippen LogP contribution in [0.3, 0.4) is 0 Å². The van der Waals surface area contributed by atoms with Gasteiger partial charge in [-0.3, -0.25) is 4.79 Å². The monoisotopic (exact) mass is 342 g/mol. The van der Waals surface area contributed by atoms with Crippen LogP contribution in [-0.4, -0.2) is 12.1 Å². The Bertz CT molecular complexity index is 660. The molecule has 1 aromatic carbocycles. The molecule has 0 aromatic heterocycles. The normalized spacial score (nSPS) is 31.6. The van der Waals surface area contributed by atoms with Crippen molar-refractivity contribution in [3.63, 3.8) is 0 Å². The van der Waals surface area contributed by atoms with Crippen molar-refractivity contribution in [2.24, 2.45) is 11.3 Å². The SMILES string of the molecule is CC(C)OC(=O)C1(C)CCCC2(C)c3ccc(C(C)C)cc3CCC12. The van der Waals surface area contributed by atoms with E-state index in [1.54, 1.807) is 0 Å². The summed E-state index contributed by atoms with van der Waals surface area (Å²) in [5.74, 6) is 0.951. The highest BCUT2D eigenvalue weighted by molar-refractivity contribution is 5.77. The molecule has 0 bridgehead atoms. The standard InChI is InChI=1S/C23H34O2/c1-15(2)17-8-10-19-18(14-17)9-11-20-22(19,5)12-7-13-23(20,6)21(24)25-16(3)4/h8,10,14-16,20H,7,9,11-13H2,1-6H3. The Hall–Kier alpha value is -1.31. The zero-order chi connectivity index (χ0) is 18.4. The predicted molar refractivity (Wildman–Crippen MR) is 103 cm³/mol. The maximum absolute atomic E-state index is 13.0. The largest absolute Gasteiger partial charge is 0.463 e. The van der Waals surface area contributed by atoms with Crippen LogP contribution in [0.5, 0.6) is 0 Å². The quantitative estimate of drug-likeness (QED) is 0.652. The topological polar surface area (TPSA) is 26.3 Å². The third-order valence-corrected chi connectivity index (χ3v) is 6.85. The Morgan fingerprint density at radius 2 is 1.88 bits per heavy atom. The summed E-state index contributed by atoms with van der Waals surface area (Å²) in [6.45, 7) is 13.0. The number of carbonyl (C=O) groups is 1. The molecule has 2 aliphatic carbocycles. The van der Waals surface area contributed by atoms with Crippen LogP contribution in [-0.2, 0) is 21.4 Å². The molecule has 0 spiro atoms. The van der Waals surface area contributed by atoms with Crippen LogP contribution in [0.15, 0.2) is 18.2 Å². The zero-order valence-corrected chi connectivity index (χ0v) is 16.8. The summed E-state index contributed by atoms with van der Waals surface area (Å²) >= 11 is 0. The molecule has 3 unspecified atom stereocenters. The lowest BCUT2D eigenvalue weighted by molar-refractivity contribution is -0.168. The summed E-state index contributed by atoms with van der Waals surface area (Å²) in [6.07, 6.45) is 5.37. The van der Waals surface area contributed by atoms with E-state index in [0.717, 1.165) is 25.7 Å². The number of fused-ring (bicyclic) bond motifs is 3. The molecule has 0 heterocycles. The third kappa shape index (κ3) is 3.02. The fourth-order valence-corrected chi connectivity index (χ4v) is 5.46. The molecule has 3 rings (SSSR count). The van der Waals surface area contributed by atoms with Crippen LogP contribution in [0.2, 0.25) is 0 Å². The Labute approximate surface area is 153 Å². The summed E-state index contributed by atoms with van der Waals surface area (Å²) in [7, 11) is 0. The van der Waals surface area contributed by atoms with Crippen LogP contribution in [0.25, 0.3) is 0 Å². The molecule has 1 fully saturated rings. The molecule has 1 aromatic rings. The van der Waals surface area contributed by atoms with Crippen molar-refractivity contribution >= 4 is 5.97 Å². The first-order chi connectivity index (χ1) is 11.7. The molecule has 0 aliphatic heterocycles. The Morgan fingerprint density at radius 1 is 1.16 bits per heavy atom. The average molecular weight is 343 g/mol. The predicted octanol–water partition coefficient (Wildman–Crippen LogP) is 5.77. The van der Waals surface area contributed by atoms with E-state index in [9.17, 15) is 4.79 Å². The van der Waals surface area contributed by atoms with Crippen molar-refractivity contribution in [1.29, 1.82) is 0 Å². The van der Waals surface area contributed by atoms with Crippen LogP contribution >= 0.6 is 0 Å². The van der Waals surface area contributed by atoms with E-state index in [1.165, 1.54) is 23.1 Å². The van der Waals surface area contributed by atoms with E-state index in [1.807, 2.05) is 13.8 Å². The maximum atomic E-state index is 13.0. The Kier molecular flexibility index (Phi) is 4.77. The second-order valence-electron chi connectivity index (χ2n) is 9.31. The van der Waals surface area contributed by atoms with Gasteiger partial charge in [-0.25, -0.2) is 0 Å². The molecule has 2 aliphatic rings. The van der Waals surface area contributed by atoms with Gasteiger partial charge in [0, 0.05) is 0 Å². The molecule has 138 valence electrons. The molecule has 25 heavy (non-hydrogen) atoms. The number of esters is 1. The van der Waals surface area contributed by atoms with Gasteiger partial charge in [0.2, 0.25) is 0 Å². The van der Waals surface area contributed by atoms with E-state index < -0.39 is 0 Å². The van der Waals surface area contributed by atoms with Crippen LogP contribution in [0, 0.1) is 11.3 Å². The van der Waals surface area contributed by atoms with Crippen LogP contribution < -0.4 is 0 Å². The first-order valence-corrected chi connectivity index (χ1v) is 10.0. The first kappa shape index (κ1) is 18.5. The van der Waals surface area contributed by atoms with Crippen LogP contribution in [0.1, 0.15) is 89.8 Å². The number of rotatable bonds is 3. The minimum Gasteiger partial charge on any atom is -0.463 e. The third-order valence-electron chi connectivity index (χ3n) is 6.85. The van der Waals surface area contributed by atoms with Gasteiger partial charge in [0.15, 0.2) is 0 Å². The van der Waals surface area contributed by atoms with Gasteiger partial charge in [0.05, 0.1) is 11.5 Å². The number of ether oxygens (including phenoxy) is 1. The molecule has 0 saturated heterocycles. The molecular weight excluding hydrogens is 308 g/mol.